The van der Waals surface area contributed by atoms with E-state index in [-0.39, 0.29) is 6.04 Å². The number of aromatic nitrogens is 3. The smallest absolute Gasteiger partial charge is 0.154 e. The van der Waals surface area contributed by atoms with E-state index in [1.807, 2.05) is 31.5 Å². The molecule has 0 aliphatic rings. The lowest BCUT2D eigenvalue weighted by Gasteiger charge is -1.98. The van der Waals surface area contributed by atoms with Crippen LogP contribution in [-0.2, 0) is 0 Å². The Balaban J connectivity index is 2.17. The average Bonchev–Trinajstić information content (AvgIpc) is 2.64. The maximum absolute atomic E-state index is 5.65. The average molecular weight is 202 g/mol. The van der Waals surface area contributed by atoms with Gasteiger partial charge in [0.1, 0.15) is 0 Å². The summed E-state index contributed by atoms with van der Waals surface area (Å²) in [5.41, 5.74) is 7.56. The molecule has 4 nitrogen and oxygen atoms in total. The van der Waals surface area contributed by atoms with Gasteiger partial charge in [-0.05, 0) is 25.0 Å². The Morgan fingerprint density at radius 3 is 3.27 bits per heavy atom. The molecule has 0 aliphatic heterocycles. The highest BCUT2D eigenvalue weighted by Crippen LogP contribution is 2.05. The molecular formula is C11H14N4. The minimum Gasteiger partial charge on any atom is -0.328 e. The van der Waals surface area contributed by atoms with Crippen LogP contribution >= 0.6 is 0 Å². The SMILES string of the molecule is C[C@H](N)C/C=C/c1cnn2ccnc2c1. The monoisotopic (exact) mass is 202 g/mol. The highest BCUT2D eigenvalue weighted by atomic mass is 15.2. The number of hydrogen-bond acceptors (Lipinski definition) is 3. The van der Waals surface area contributed by atoms with E-state index in [2.05, 4.69) is 16.2 Å². The van der Waals surface area contributed by atoms with Crippen molar-refractivity contribution < 1.29 is 0 Å². The number of nitrogens with two attached hydrogens (primary N) is 1. The maximum atomic E-state index is 5.65. The van der Waals surface area contributed by atoms with Gasteiger partial charge in [0.15, 0.2) is 5.65 Å². The van der Waals surface area contributed by atoms with Gasteiger partial charge in [0.2, 0.25) is 0 Å². The van der Waals surface area contributed by atoms with Crippen LogP contribution in [0, 0.1) is 0 Å². The summed E-state index contributed by atoms with van der Waals surface area (Å²) in [6.07, 6.45) is 10.3. The van der Waals surface area contributed by atoms with Crippen LogP contribution in [0.3, 0.4) is 0 Å². The molecule has 2 aromatic rings. The summed E-state index contributed by atoms with van der Waals surface area (Å²) in [6, 6.07) is 2.19. The normalized spacial score (nSPS) is 13.7. The van der Waals surface area contributed by atoms with E-state index in [1.165, 1.54) is 0 Å². The van der Waals surface area contributed by atoms with Gasteiger partial charge in [-0.1, -0.05) is 12.2 Å². The van der Waals surface area contributed by atoms with Crippen molar-refractivity contribution in [1.29, 1.82) is 0 Å². The molecule has 2 N–H and O–H groups in total. The molecule has 0 amide bonds. The molecule has 2 aromatic heterocycles. The number of nitrogens with zero attached hydrogens (tertiary/aromatic N) is 3. The first-order valence-electron chi connectivity index (χ1n) is 4.97. The van der Waals surface area contributed by atoms with Crippen LogP contribution in [0.1, 0.15) is 18.9 Å². The Labute approximate surface area is 88.4 Å². The summed E-state index contributed by atoms with van der Waals surface area (Å²) in [7, 11) is 0. The molecule has 15 heavy (non-hydrogen) atoms. The standard InChI is InChI=1S/C11H14N4/c1-9(12)3-2-4-10-7-11-13-5-6-15(11)14-8-10/h2,4-9H,3,12H2,1H3/b4-2+/t9-/m0/s1. The van der Waals surface area contributed by atoms with Crippen molar-refractivity contribution in [3.05, 3.63) is 36.3 Å². The molecular weight excluding hydrogens is 188 g/mol. The zero-order valence-electron chi connectivity index (χ0n) is 8.67. The minimum absolute atomic E-state index is 0.198. The zero-order chi connectivity index (χ0) is 10.7. The summed E-state index contributed by atoms with van der Waals surface area (Å²) in [6.45, 7) is 1.99. The van der Waals surface area contributed by atoms with Crippen molar-refractivity contribution in [2.45, 2.75) is 19.4 Å². The first-order valence-corrected chi connectivity index (χ1v) is 4.97. The fraction of sp³-hybridized carbons (Fsp3) is 0.273. The molecule has 0 aliphatic carbocycles. The lowest BCUT2D eigenvalue weighted by Crippen LogP contribution is -2.12. The number of imidazole rings is 1. The molecule has 0 fully saturated rings. The Hall–Kier alpha value is -1.68. The highest BCUT2D eigenvalue weighted by molar-refractivity contribution is 5.53. The van der Waals surface area contributed by atoms with Crippen LogP contribution < -0.4 is 5.73 Å². The van der Waals surface area contributed by atoms with Gasteiger partial charge in [-0.3, -0.25) is 0 Å². The van der Waals surface area contributed by atoms with Crippen LogP contribution in [0.2, 0.25) is 0 Å². The van der Waals surface area contributed by atoms with Gasteiger partial charge in [-0.2, -0.15) is 5.10 Å². The Kier molecular flexibility index (Phi) is 2.78. The van der Waals surface area contributed by atoms with Crippen LogP contribution in [0.4, 0.5) is 0 Å². The lowest BCUT2D eigenvalue weighted by atomic mass is 10.2. The first kappa shape index (κ1) is 9.86. The molecule has 4 heteroatoms. The van der Waals surface area contributed by atoms with Crippen molar-refractivity contribution in [1.82, 2.24) is 14.6 Å². The predicted molar refractivity (Wildman–Crippen MR) is 60.3 cm³/mol. The topological polar surface area (TPSA) is 56.2 Å². The number of fused-ring (bicyclic) bond motifs is 1. The van der Waals surface area contributed by atoms with Crippen molar-refractivity contribution >= 4 is 11.7 Å². The van der Waals surface area contributed by atoms with Gasteiger partial charge >= 0.3 is 0 Å². The van der Waals surface area contributed by atoms with E-state index in [1.54, 1.807) is 10.7 Å². The van der Waals surface area contributed by atoms with Gasteiger partial charge in [0.05, 0.1) is 6.20 Å². The molecule has 0 bridgehead atoms. The predicted octanol–water partition coefficient (Wildman–Crippen LogP) is 1.48. The second-order valence-electron chi connectivity index (χ2n) is 3.63. The molecule has 0 saturated carbocycles. The molecule has 2 rings (SSSR count). The van der Waals surface area contributed by atoms with E-state index in [0.717, 1.165) is 17.6 Å². The van der Waals surface area contributed by atoms with E-state index in [0.29, 0.717) is 0 Å². The molecule has 1 atom stereocenters. The van der Waals surface area contributed by atoms with Crippen molar-refractivity contribution in [3.8, 4) is 0 Å². The number of rotatable bonds is 3. The second kappa shape index (κ2) is 4.23. The molecule has 0 spiro atoms. The third-order valence-electron chi connectivity index (χ3n) is 2.09. The third-order valence-corrected chi connectivity index (χ3v) is 2.09. The van der Waals surface area contributed by atoms with Gasteiger partial charge in [0.25, 0.3) is 0 Å². The fourth-order valence-electron chi connectivity index (χ4n) is 1.33. The Bertz CT molecular complexity index is 470. The van der Waals surface area contributed by atoms with Crippen LogP contribution in [0.15, 0.2) is 30.7 Å². The molecule has 0 aromatic carbocycles. The van der Waals surface area contributed by atoms with E-state index < -0.39 is 0 Å². The zero-order valence-corrected chi connectivity index (χ0v) is 8.67. The largest absolute Gasteiger partial charge is 0.328 e. The van der Waals surface area contributed by atoms with E-state index >= 15 is 0 Å². The fourth-order valence-corrected chi connectivity index (χ4v) is 1.33. The highest BCUT2D eigenvalue weighted by Gasteiger charge is 1.95. The summed E-state index contributed by atoms with van der Waals surface area (Å²) in [4.78, 5) is 4.16. The first-order chi connectivity index (χ1) is 7.25. The van der Waals surface area contributed by atoms with Gasteiger partial charge in [-0.25, -0.2) is 9.50 Å². The number of hydrogen-bond donors (Lipinski definition) is 1. The summed E-state index contributed by atoms with van der Waals surface area (Å²) < 4.78 is 1.74. The van der Waals surface area contributed by atoms with Crippen molar-refractivity contribution in [2.24, 2.45) is 5.73 Å². The third kappa shape index (κ3) is 2.41. The molecule has 0 saturated heterocycles. The van der Waals surface area contributed by atoms with Crippen LogP contribution in [0.5, 0.6) is 0 Å². The van der Waals surface area contributed by atoms with Gasteiger partial charge in [0, 0.05) is 18.4 Å². The Morgan fingerprint density at radius 2 is 2.47 bits per heavy atom. The van der Waals surface area contributed by atoms with Crippen molar-refractivity contribution in [2.75, 3.05) is 0 Å². The molecule has 0 unspecified atom stereocenters. The second-order valence-corrected chi connectivity index (χ2v) is 3.63. The van der Waals surface area contributed by atoms with Gasteiger partial charge < -0.3 is 5.73 Å². The summed E-state index contributed by atoms with van der Waals surface area (Å²) in [5, 5.41) is 4.21. The van der Waals surface area contributed by atoms with Gasteiger partial charge in [-0.15, -0.1) is 0 Å². The van der Waals surface area contributed by atoms with E-state index in [4.69, 9.17) is 5.73 Å². The van der Waals surface area contributed by atoms with Crippen LogP contribution in [-0.4, -0.2) is 20.6 Å². The quantitative estimate of drug-likeness (QED) is 0.820. The van der Waals surface area contributed by atoms with Crippen molar-refractivity contribution in [3.63, 3.8) is 0 Å². The summed E-state index contributed by atoms with van der Waals surface area (Å²) >= 11 is 0. The molecule has 78 valence electrons. The molecule has 0 radical (unpaired) electrons. The van der Waals surface area contributed by atoms with Crippen LogP contribution in [0.25, 0.3) is 11.7 Å². The molecule has 2 heterocycles. The summed E-state index contributed by atoms with van der Waals surface area (Å²) in [5.74, 6) is 0. The Morgan fingerprint density at radius 1 is 1.60 bits per heavy atom. The minimum atomic E-state index is 0.198. The van der Waals surface area contributed by atoms with E-state index in [9.17, 15) is 0 Å². The lowest BCUT2D eigenvalue weighted by molar-refractivity contribution is 0.759. The maximum Gasteiger partial charge on any atom is 0.154 e.